The molecule has 104 valence electrons. The molecule has 0 atom stereocenters. The van der Waals surface area contributed by atoms with Gasteiger partial charge in [0.25, 0.3) is 0 Å². The summed E-state index contributed by atoms with van der Waals surface area (Å²) in [6.07, 6.45) is 1.89. The fourth-order valence-corrected chi connectivity index (χ4v) is 5.57. The van der Waals surface area contributed by atoms with Gasteiger partial charge in [0.2, 0.25) is 0 Å². The minimum Gasteiger partial charge on any atom is -0.297 e. The fraction of sp³-hybridized carbons (Fsp3) is 0. The van der Waals surface area contributed by atoms with E-state index in [9.17, 15) is 9.59 Å². The Bertz CT molecular complexity index is 1110. The Morgan fingerprint density at radius 2 is 1.09 bits per heavy atom. The quantitative estimate of drug-likeness (QED) is 0.318. The summed E-state index contributed by atoms with van der Waals surface area (Å²) in [5, 5.41) is 6.41. The smallest absolute Gasteiger partial charge is 0.160 e. The lowest BCUT2D eigenvalue weighted by Gasteiger charge is -2.06. The van der Waals surface area contributed by atoms with E-state index in [1.807, 2.05) is 24.3 Å². The highest BCUT2D eigenvalue weighted by Crippen LogP contribution is 2.47. The second-order valence-corrected chi connectivity index (χ2v) is 7.44. The molecular weight excluding hydrogens is 312 g/mol. The predicted molar refractivity (Wildman–Crippen MR) is 94.2 cm³/mol. The van der Waals surface area contributed by atoms with Gasteiger partial charge in [0.15, 0.2) is 12.6 Å². The van der Waals surface area contributed by atoms with Crippen LogP contribution in [0.4, 0.5) is 0 Å². The summed E-state index contributed by atoms with van der Waals surface area (Å²) in [5.41, 5.74) is 0. The molecule has 4 heteroatoms. The van der Waals surface area contributed by atoms with Crippen LogP contribution in [0.2, 0.25) is 0 Å². The largest absolute Gasteiger partial charge is 0.297 e. The molecule has 0 aliphatic carbocycles. The Kier molecular flexibility index (Phi) is 2.30. The molecule has 3 aromatic carbocycles. The summed E-state index contributed by atoms with van der Waals surface area (Å²) in [4.78, 5) is 24.6. The Hall–Kier alpha value is -2.30. The molecule has 0 aliphatic rings. The number of rotatable bonds is 2. The molecule has 5 aromatic rings. The number of hydrogen-bond donors (Lipinski definition) is 0. The molecule has 2 nitrogen and oxygen atoms in total. The topological polar surface area (TPSA) is 34.1 Å². The number of fused-ring (bicyclic) bond motifs is 2. The number of aldehydes is 2. The maximum atomic E-state index is 11.5. The van der Waals surface area contributed by atoms with Gasteiger partial charge < -0.3 is 0 Å². The van der Waals surface area contributed by atoms with Crippen LogP contribution < -0.4 is 0 Å². The van der Waals surface area contributed by atoms with Gasteiger partial charge in [0.05, 0.1) is 9.75 Å². The van der Waals surface area contributed by atoms with Gasteiger partial charge in [-0.25, -0.2) is 0 Å². The molecule has 0 radical (unpaired) electrons. The first kappa shape index (κ1) is 12.3. The van der Waals surface area contributed by atoms with Gasteiger partial charge >= 0.3 is 0 Å². The van der Waals surface area contributed by atoms with Crippen molar-refractivity contribution in [1.82, 2.24) is 0 Å². The van der Waals surface area contributed by atoms with Crippen LogP contribution in [0.5, 0.6) is 0 Å². The molecule has 0 saturated heterocycles. The monoisotopic (exact) mass is 320 g/mol. The maximum Gasteiger partial charge on any atom is 0.160 e. The lowest BCUT2D eigenvalue weighted by Crippen LogP contribution is -1.83. The number of benzene rings is 3. The summed E-state index contributed by atoms with van der Waals surface area (Å²) in [6.45, 7) is 0. The zero-order valence-corrected chi connectivity index (χ0v) is 12.9. The Labute approximate surface area is 132 Å². The number of carbonyl (C=O) groups is 2. The summed E-state index contributed by atoms with van der Waals surface area (Å²) in [7, 11) is 0. The summed E-state index contributed by atoms with van der Waals surface area (Å²) >= 11 is 3.04. The maximum absolute atomic E-state index is 11.5. The average Bonchev–Trinajstić information content (AvgIpc) is 3.12. The van der Waals surface area contributed by atoms with Crippen LogP contribution in [0.3, 0.4) is 0 Å². The van der Waals surface area contributed by atoms with Crippen molar-refractivity contribution in [2.24, 2.45) is 0 Å². The van der Waals surface area contributed by atoms with E-state index < -0.39 is 0 Å². The van der Waals surface area contributed by atoms with Crippen molar-refractivity contribution in [3.63, 3.8) is 0 Å². The van der Waals surface area contributed by atoms with E-state index >= 15 is 0 Å². The predicted octanol–water partition coefficient (Wildman–Crippen LogP) is 5.49. The molecule has 0 bridgehead atoms. The fourth-order valence-electron chi connectivity index (χ4n) is 3.45. The average molecular weight is 320 g/mol. The highest BCUT2D eigenvalue weighted by atomic mass is 32.1. The van der Waals surface area contributed by atoms with Crippen LogP contribution in [-0.2, 0) is 0 Å². The second-order valence-electron chi connectivity index (χ2n) is 5.28. The van der Waals surface area contributed by atoms with Crippen molar-refractivity contribution < 1.29 is 9.59 Å². The molecule has 5 rings (SSSR count). The molecule has 0 aliphatic heterocycles. The molecule has 0 fully saturated rings. The first-order valence-electron chi connectivity index (χ1n) is 6.85. The Morgan fingerprint density at radius 3 is 1.50 bits per heavy atom. The van der Waals surface area contributed by atoms with Crippen molar-refractivity contribution in [2.45, 2.75) is 0 Å². The van der Waals surface area contributed by atoms with E-state index in [2.05, 4.69) is 12.1 Å². The van der Waals surface area contributed by atoms with Crippen molar-refractivity contribution in [2.75, 3.05) is 0 Å². The van der Waals surface area contributed by atoms with Crippen molar-refractivity contribution in [1.29, 1.82) is 0 Å². The van der Waals surface area contributed by atoms with Gasteiger partial charge in [0, 0.05) is 30.9 Å². The molecule has 0 amide bonds. The van der Waals surface area contributed by atoms with E-state index in [0.717, 1.165) is 64.0 Å². The summed E-state index contributed by atoms with van der Waals surface area (Å²) in [5.74, 6) is 0. The molecule has 2 aromatic heterocycles. The molecule has 22 heavy (non-hydrogen) atoms. The lowest BCUT2D eigenvalue weighted by atomic mass is 9.95. The van der Waals surface area contributed by atoms with E-state index in [-0.39, 0.29) is 0 Å². The normalized spacial score (nSPS) is 12.0. The SMILES string of the molecule is O=Cc1sc2cccc3c4c(C=O)sc5cccc(c1c23)c54. The lowest BCUT2D eigenvalue weighted by molar-refractivity contribution is 0.112. The van der Waals surface area contributed by atoms with Crippen LogP contribution in [0.15, 0.2) is 36.4 Å². The molecular formula is C18H8O2S2. The van der Waals surface area contributed by atoms with Gasteiger partial charge in [-0.15, -0.1) is 22.7 Å². The standard InChI is InChI=1S/C18H8O2S2/c19-7-13-17-9-3-1-5-11-15(9)18(14(8-20)21-11)10-4-2-6-12(22-13)16(10)17/h1-8H. The van der Waals surface area contributed by atoms with Crippen molar-refractivity contribution in [3.05, 3.63) is 46.2 Å². The first-order chi connectivity index (χ1) is 10.8. The van der Waals surface area contributed by atoms with E-state index in [0.29, 0.717) is 0 Å². The van der Waals surface area contributed by atoms with Gasteiger partial charge in [-0.3, -0.25) is 9.59 Å². The highest BCUT2D eigenvalue weighted by Gasteiger charge is 2.20. The molecule has 0 saturated carbocycles. The van der Waals surface area contributed by atoms with E-state index in [1.54, 1.807) is 0 Å². The highest BCUT2D eigenvalue weighted by molar-refractivity contribution is 7.23. The third-order valence-corrected chi connectivity index (χ3v) is 6.40. The molecule has 0 N–H and O–H groups in total. The Morgan fingerprint density at radius 1 is 0.636 bits per heavy atom. The third kappa shape index (κ3) is 1.30. The van der Waals surface area contributed by atoms with Crippen LogP contribution in [0, 0.1) is 0 Å². The number of hydrogen-bond acceptors (Lipinski definition) is 4. The van der Waals surface area contributed by atoms with Gasteiger partial charge in [-0.2, -0.15) is 0 Å². The van der Waals surface area contributed by atoms with Crippen LogP contribution in [0.25, 0.3) is 41.7 Å². The zero-order valence-electron chi connectivity index (χ0n) is 11.3. The third-order valence-electron chi connectivity index (χ3n) is 4.24. The van der Waals surface area contributed by atoms with E-state index in [4.69, 9.17) is 0 Å². The molecule has 0 unspecified atom stereocenters. The van der Waals surface area contributed by atoms with Gasteiger partial charge in [-0.05, 0) is 22.9 Å². The van der Waals surface area contributed by atoms with Gasteiger partial charge in [-0.1, -0.05) is 24.3 Å². The summed E-state index contributed by atoms with van der Waals surface area (Å²) in [6, 6.07) is 12.2. The van der Waals surface area contributed by atoms with E-state index in [1.165, 1.54) is 22.7 Å². The van der Waals surface area contributed by atoms with Crippen molar-refractivity contribution in [3.8, 4) is 0 Å². The minimum atomic E-state index is 0.763. The van der Waals surface area contributed by atoms with Crippen LogP contribution in [0.1, 0.15) is 19.3 Å². The number of carbonyl (C=O) groups excluding carboxylic acids is 2. The first-order valence-corrected chi connectivity index (χ1v) is 8.49. The van der Waals surface area contributed by atoms with Crippen LogP contribution in [-0.4, -0.2) is 12.6 Å². The Balaban J connectivity index is 2.30. The zero-order chi connectivity index (χ0) is 14.8. The van der Waals surface area contributed by atoms with Gasteiger partial charge in [0.1, 0.15) is 0 Å². The molecule has 2 heterocycles. The van der Waals surface area contributed by atoms with Crippen molar-refractivity contribution >= 4 is 77.0 Å². The minimum absolute atomic E-state index is 0.763. The van der Waals surface area contributed by atoms with Crippen LogP contribution >= 0.6 is 22.7 Å². The molecule has 0 spiro atoms. The second kappa shape index (κ2) is 4.12. The number of thiophene rings is 2. The summed E-state index contributed by atoms with van der Waals surface area (Å²) < 4.78 is 2.20.